The van der Waals surface area contributed by atoms with Crippen LogP contribution in [0.25, 0.3) is 11.3 Å². The lowest BCUT2D eigenvalue weighted by atomic mass is 10.1. The van der Waals surface area contributed by atoms with Crippen molar-refractivity contribution >= 4 is 5.97 Å². The predicted octanol–water partition coefficient (Wildman–Crippen LogP) is 1.51. The molecule has 0 fully saturated rings. The van der Waals surface area contributed by atoms with Gasteiger partial charge in [0.2, 0.25) is 0 Å². The van der Waals surface area contributed by atoms with Crippen LogP contribution in [0.2, 0.25) is 0 Å². The fourth-order valence-corrected chi connectivity index (χ4v) is 2.42. The molecule has 2 aromatic rings. The summed E-state index contributed by atoms with van der Waals surface area (Å²) in [4.78, 5) is 23.3. The van der Waals surface area contributed by atoms with E-state index >= 15 is 0 Å². The van der Waals surface area contributed by atoms with Gasteiger partial charge in [-0.2, -0.15) is 5.26 Å². The molecule has 0 unspecified atom stereocenters. The Kier molecular flexibility index (Phi) is 3.73. The van der Waals surface area contributed by atoms with Crippen LogP contribution in [0.5, 0.6) is 11.5 Å². The highest BCUT2D eigenvalue weighted by molar-refractivity contribution is 5.87. The molecular weight excluding hydrogens is 300 g/mol. The zero-order valence-corrected chi connectivity index (χ0v) is 12.0. The third-order valence-electron chi connectivity index (χ3n) is 3.47. The summed E-state index contributed by atoms with van der Waals surface area (Å²) in [5.41, 5.74) is -0.00922. The maximum atomic E-state index is 12.3. The van der Waals surface area contributed by atoms with E-state index in [2.05, 4.69) is 0 Å². The van der Waals surface area contributed by atoms with Gasteiger partial charge in [0.15, 0.2) is 11.5 Å². The van der Waals surface area contributed by atoms with Crippen molar-refractivity contribution in [2.24, 2.45) is 0 Å². The van der Waals surface area contributed by atoms with Crippen LogP contribution in [0.4, 0.5) is 0 Å². The lowest BCUT2D eigenvalue weighted by Crippen LogP contribution is -2.27. The van der Waals surface area contributed by atoms with Gasteiger partial charge in [0.05, 0.1) is 11.8 Å². The number of pyridine rings is 1. The topological polar surface area (TPSA) is 102 Å². The van der Waals surface area contributed by atoms with Crippen LogP contribution in [0, 0.1) is 11.3 Å². The molecule has 1 aromatic carbocycles. The number of aromatic carboxylic acids is 1. The third kappa shape index (κ3) is 2.62. The normalized spacial score (nSPS) is 12.5. The Morgan fingerprint density at radius 1 is 1.22 bits per heavy atom. The second kappa shape index (κ2) is 5.85. The summed E-state index contributed by atoms with van der Waals surface area (Å²) >= 11 is 0. The standard InChI is InChI=1S/C16H12N2O5/c17-5-6-18-12(3-2-11(15(18)19)16(20)21)10-1-4-13-14(9-10)23-8-7-22-13/h1-4,9H,6-8H2,(H,20,21). The number of fused-ring (bicyclic) bond motifs is 1. The van der Waals surface area contributed by atoms with E-state index in [9.17, 15) is 9.59 Å². The van der Waals surface area contributed by atoms with Crippen molar-refractivity contribution in [2.75, 3.05) is 13.2 Å². The molecule has 2 heterocycles. The first kappa shape index (κ1) is 14.7. The highest BCUT2D eigenvalue weighted by Crippen LogP contribution is 2.34. The summed E-state index contributed by atoms with van der Waals surface area (Å²) < 4.78 is 12.1. The quantitative estimate of drug-likeness (QED) is 0.921. The lowest BCUT2D eigenvalue weighted by Gasteiger charge is -2.19. The highest BCUT2D eigenvalue weighted by atomic mass is 16.6. The summed E-state index contributed by atoms with van der Waals surface area (Å²) in [6, 6.07) is 9.78. The molecule has 0 spiro atoms. The minimum atomic E-state index is -1.32. The van der Waals surface area contributed by atoms with Crippen molar-refractivity contribution in [1.29, 1.82) is 5.26 Å². The smallest absolute Gasteiger partial charge is 0.341 e. The van der Waals surface area contributed by atoms with E-state index in [1.165, 1.54) is 12.1 Å². The van der Waals surface area contributed by atoms with E-state index < -0.39 is 11.5 Å². The first-order valence-corrected chi connectivity index (χ1v) is 6.86. The number of carboxylic acids is 1. The van der Waals surface area contributed by atoms with Crippen molar-refractivity contribution in [3.63, 3.8) is 0 Å². The third-order valence-corrected chi connectivity index (χ3v) is 3.47. The minimum Gasteiger partial charge on any atom is -0.486 e. The molecular formula is C16H12N2O5. The molecule has 0 bridgehead atoms. The number of carbonyl (C=O) groups is 1. The van der Waals surface area contributed by atoms with Crippen LogP contribution in [0.3, 0.4) is 0 Å². The van der Waals surface area contributed by atoms with Gasteiger partial charge in [0.1, 0.15) is 25.3 Å². The molecule has 7 nitrogen and oxygen atoms in total. The zero-order chi connectivity index (χ0) is 16.4. The summed E-state index contributed by atoms with van der Waals surface area (Å²) in [5, 5.41) is 18.0. The summed E-state index contributed by atoms with van der Waals surface area (Å²) in [6.07, 6.45) is 0. The summed E-state index contributed by atoms with van der Waals surface area (Å²) in [7, 11) is 0. The molecule has 0 saturated carbocycles. The SMILES string of the molecule is N#CCn1c(-c2ccc3c(c2)OCCO3)ccc(C(=O)O)c1=O. The maximum Gasteiger partial charge on any atom is 0.341 e. The average molecular weight is 312 g/mol. The van der Waals surface area contributed by atoms with Crippen molar-refractivity contribution in [3.8, 4) is 28.8 Å². The number of carboxylic acid groups (broad SMARTS) is 1. The lowest BCUT2D eigenvalue weighted by molar-refractivity contribution is 0.0694. The molecule has 0 radical (unpaired) electrons. The van der Waals surface area contributed by atoms with Gasteiger partial charge in [-0.25, -0.2) is 4.79 Å². The molecule has 23 heavy (non-hydrogen) atoms. The van der Waals surface area contributed by atoms with Gasteiger partial charge in [-0.15, -0.1) is 0 Å². The Morgan fingerprint density at radius 2 is 1.96 bits per heavy atom. The van der Waals surface area contributed by atoms with E-state index in [0.717, 1.165) is 4.57 Å². The van der Waals surface area contributed by atoms with Gasteiger partial charge in [-0.05, 0) is 30.3 Å². The van der Waals surface area contributed by atoms with Gasteiger partial charge in [0.25, 0.3) is 5.56 Å². The molecule has 0 atom stereocenters. The van der Waals surface area contributed by atoms with E-state index in [1.54, 1.807) is 18.2 Å². The number of ether oxygens (including phenoxy) is 2. The van der Waals surface area contributed by atoms with E-state index in [4.69, 9.17) is 19.8 Å². The number of hydrogen-bond acceptors (Lipinski definition) is 5. The molecule has 0 aliphatic carbocycles. The molecule has 116 valence electrons. The first-order chi connectivity index (χ1) is 11.1. The van der Waals surface area contributed by atoms with Crippen LogP contribution in [-0.2, 0) is 6.54 Å². The second-order valence-corrected chi connectivity index (χ2v) is 4.85. The molecule has 0 saturated heterocycles. The molecule has 1 aromatic heterocycles. The van der Waals surface area contributed by atoms with Crippen LogP contribution < -0.4 is 15.0 Å². The average Bonchev–Trinajstić information content (AvgIpc) is 2.56. The van der Waals surface area contributed by atoms with Crippen molar-refractivity contribution in [3.05, 3.63) is 46.2 Å². The van der Waals surface area contributed by atoms with Gasteiger partial charge >= 0.3 is 5.97 Å². The fraction of sp³-hybridized carbons (Fsp3) is 0.188. The van der Waals surface area contributed by atoms with Crippen LogP contribution in [0.15, 0.2) is 35.1 Å². The minimum absolute atomic E-state index is 0.246. The van der Waals surface area contributed by atoms with E-state index in [1.807, 2.05) is 6.07 Å². The van der Waals surface area contributed by atoms with Crippen LogP contribution >= 0.6 is 0 Å². The van der Waals surface area contributed by atoms with E-state index in [-0.39, 0.29) is 12.1 Å². The monoisotopic (exact) mass is 312 g/mol. The Bertz CT molecular complexity index is 879. The van der Waals surface area contributed by atoms with E-state index in [0.29, 0.717) is 36.0 Å². The van der Waals surface area contributed by atoms with Crippen molar-refractivity contribution in [1.82, 2.24) is 4.57 Å². The molecule has 1 N–H and O–H groups in total. The summed E-state index contributed by atoms with van der Waals surface area (Å²) in [6.45, 7) is 0.655. The number of hydrogen-bond donors (Lipinski definition) is 1. The van der Waals surface area contributed by atoms with Gasteiger partial charge < -0.3 is 14.6 Å². The Hall–Kier alpha value is -3.27. The Morgan fingerprint density at radius 3 is 2.65 bits per heavy atom. The molecule has 1 aliphatic heterocycles. The predicted molar refractivity (Wildman–Crippen MR) is 79.7 cm³/mol. The number of nitriles is 1. The number of nitrogens with zero attached hydrogens (tertiary/aromatic N) is 2. The highest BCUT2D eigenvalue weighted by Gasteiger charge is 2.17. The molecule has 3 rings (SSSR count). The van der Waals surface area contributed by atoms with Gasteiger partial charge in [-0.1, -0.05) is 0 Å². The first-order valence-electron chi connectivity index (χ1n) is 6.86. The Balaban J connectivity index is 2.16. The molecule has 0 amide bonds. The van der Waals surface area contributed by atoms with Crippen molar-refractivity contribution in [2.45, 2.75) is 6.54 Å². The Labute approximate surface area is 130 Å². The fourth-order valence-electron chi connectivity index (χ4n) is 2.42. The second-order valence-electron chi connectivity index (χ2n) is 4.85. The van der Waals surface area contributed by atoms with Crippen LogP contribution in [-0.4, -0.2) is 28.9 Å². The van der Waals surface area contributed by atoms with Gasteiger partial charge in [-0.3, -0.25) is 9.36 Å². The largest absolute Gasteiger partial charge is 0.486 e. The molecule has 1 aliphatic rings. The maximum absolute atomic E-state index is 12.3. The number of aromatic nitrogens is 1. The number of rotatable bonds is 3. The summed E-state index contributed by atoms with van der Waals surface area (Å²) in [5.74, 6) is -0.168. The molecule has 7 heteroatoms. The van der Waals surface area contributed by atoms with Gasteiger partial charge in [0, 0.05) is 5.56 Å². The zero-order valence-electron chi connectivity index (χ0n) is 12.0. The number of benzene rings is 1. The van der Waals surface area contributed by atoms with Crippen LogP contribution in [0.1, 0.15) is 10.4 Å². The van der Waals surface area contributed by atoms with Crippen molar-refractivity contribution < 1.29 is 19.4 Å².